The van der Waals surface area contributed by atoms with Crippen LogP contribution in [0, 0.1) is 11.6 Å². The highest BCUT2D eigenvalue weighted by Gasteiger charge is 2.13. The Morgan fingerprint density at radius 1 is 1.43 bits per heavy atom. The van der Waals surface area contributed by atoms with Gasteiger partial charge in [0.05, 0.1) is 4.47 Å². The van der Waals surface area contributed by atoms with Crippen LogP contribution in [-0.2, 0) is 4.79 Å². The van der Waals surface area contributed by atoms with Crippen molar-refractivity contribution in [3.8, 4) is 0 Å². The lowest BCUT2D eigenvalue weighted by atomic mass is 9.98. The molecule has 0 amide bonds. The second kappa shape index (κ2) is 4.64. The second-order valence-electron chi connectivity index (χ2n) is 3.09. The van der Waals surface area contributed by atoms with E-state index in [0.29, 0.717) is 5.56 Å². The van der Waals surface area contributed by atoms with Crippen LogP contribution < -0.4 is 0 Å². The second-order valence-corrected chi connectivity index (χ2v) is 3.95. The minimum atomic E-state index is -0.635. The summed E-state index contributed by atoms with van der Waals surface area (Å²) in [5.74, 6) is -1.48. The predicted molar refractivity (Wildman–Crippen MR) is 53.2 cm³/mol. The molecule has 0 aliphatic carbocycles. The molecule has 0 heterocycles. The van der Waals surface area contributed by atoms with E-state index in [1.54, 1.807) is 6.92 Å². The van der Waals surface area contributed by atoms with Gasteiger partial charge in [-0.2, -0.15) is 0 Å². The highest BCUT2D eigenvalue weighted by Crippen LogP contribution is 2.26. The molecule has 0 radical (unpaired) electrons. The van der Waals surface area contributed by atoms with Crippen LogP contribution in [0.25, 0.3) is 0 Å². The lowest BCUT2D eigenvalue weighted by Crippen LogP contribution is -1.99. The average molecular weight is 263 g/mol. The maximum Gasteiger partial charge on any atom is 0.140 e. The van der Waals surface area contributed by atoms with Gasteiger partial charge in [0.15, 0.2) is 0 Å². The van der Waals surface area contributed by atoms with Crippen LogP contribution in [0.5, 0.6) is 0 Å². The maximum atomic E-state index is 13.2. The topological polar surface area (TPSA) is 17.1 Å². The fraction of sp³-hybridized carbons (Fsp3) is 0.300. The molecule has 0 N–H and O–H groups in total. The van der Waals surface area contributed by atoms with Gasteiger partial charge in [0.2, 0.25) is 0 Å². The highest BCUT2D eigenvalue weighted by atomic mass is 79.9. The summed E-state index contributed by atoms with van der Waals surface area (Å²) in [5, 5.41) is 0. The van der Waals surface area contributed by atoms with Crippen molar-refractivity contribution in [2.45, 2.75) is 19.3 Å². The maximum absolute atomic E-state index is 13.2. The molecule has 0 unspecified atom stereocenters. The lowest BCUT2D eigenvalue weighted by molar-refractivity contribution is -0.108. The molecule has 0 aliphatic heterocycles. The molecular formula is C10H9BrF2O. The first-order valence-electron chi connectivity index (χ1n) is 4.14. The molecule has 0 bridgehead atoms. The lowest BCUT2D eigenvalue weighted by Gasteiger charge is -2.10. The molecule has 4 heteroatoms. The number of hydrogen-bond acceptors (Lipinski definition) is 1. The van der Waals surface area contributed by atoms with Crippen LogP contribution in [0.15, 0.2) is 16.6 Å². The zero-order valence-corrected chi connectivity index (χ0v) is 9.14. The molecule has 1 rings (SSSR count). The largest absolute Gasteiger partial charge is 0.303 e. The molecule has 1 nitrogen and oxygen atoms in total. The summed E-state index contributed by atoms with van der Waals surface area (Å²) >= 11 is 2.97. The van der Waals surface area contributed by atoms with Crippen molar-refractivity contribution in [1.82, 2.24) is 0 Å². The molecule has 0 saturated heterocycles. The Labute approximate surface area is 89.3 Å². The molecular weight excluding hydrogens is 254 g/mol. The monoisotopic (exact) mass is 262 g/mol. The summed E-state index contributed by atoms with van der Waals surface area (Å²) in [6.45, 7) is 1.72. The first-order valence-corrected chi connectivity index (χ1v) is 4.93. The number of carbonyl (C=O) groups excluding carboxylic acids is 1. The van der Waals surface area contributed by atoms with Crippen LogP contribution in [0.1, 0.15) is 24.8 Å². The number of carbonyl (C=O) groups is 1. The quantitative estimate of drug-likeness (QED) is 0.603. The fourth-order valence-electron chi connectivity index (χ4n) is 1.19. The van der Waals surface area contributed by atoms with Gasteiger partial charge < -0.3 is 4.79 Å². The molecule has 76 valence electrons. The van der Waals surface area contributed by atoms with Gasteiger partial charge in [-0.3, -0.25) is 0 Å². The predicted octanol–water partition coefficient (Wildman–Crippen LogP) is 3.42. The van der Waals surface area contributed by atoms with Crippen molar-refractivity contribution in [1.29, 1.82) is 0 Å². The van der Waals surface area contributed by atoms with Crippen molar-refractivity contribution in [2.24, 2.45) is 0 Å². The van der Waals surface area contributed by atoms with Crippen molar-refractivity contribution in [2.75, 3.05) is 0 Å². The van der Waals surface area contributed by atoms with Crippen molar-refractivity contribution < 1.29 is 13.6 Å². The molecule has 14 heavy (non-hydrogen) atoms. The van der Waals surface area contributed by atoms with Gasteiger partial charge >= 0.3 is 0 Å². The Balaban J connectivity index is 3.08. The van der Waals surface area contributed by atoms with Gasteiger partial charge in [-0.05, 0) is 33.5 Å². The van der Waals surface area contributed by atoms with Crippen LogP contribution in [0.2, 0.25) is 0 Å². The average Bonchev–Trinajstić information content (AvgIpc) is 2.11. The van der Waals surface area contributed by atoms with Gasteiger partial charge in [0.1, 0.15) is 17.9 Å². The van der Waals surface area contributed by atoms with E-state index < -0.39 is 11.6 Å². The summed E-state index contributed by atoms with van der Waals surface area (Å²) in [4.78, 5) is 10.2. The fourth-order valence-corrected chi connectivity index (χ4v) is 1.55. The molecule has 0 aromatic heterocycles. The van der Waals surface area contributed by atoms with Crippen molar-refractivity contribution >= 4 is 22.2 Å². The van der Waals surface area contributed by atoms with E-state index in [1.165, 1.54) is 6.07 Å². The summed E-state index contributed by atoms with van der Waals surface area (Å²) < 4.78 is 26.3. The Hall–Kier alpha value is -0.770. The van der Waals surface area contributed by atoms with Crippen LogP contribution in [-0.4, -0.2) is 6.29 Å². The summed E-state index contributed by atoms with van der Waals surface area (Å²) in [5.41, 5.74) is 0.352. The van der Waals surface area contributed by atoms with E-state index in [4.69, 9.17) is 0 Å². The molecule has 1 atom stereocenters. The Bertz CT molecular complexity index is 352. The van der Waals surface area contributed by atoms with Crippen LogP contribution in [0.4, 0.5) is 8.78 Å². The smallest absolute Gasteiger partial charge is 0.140 e. The summed E-state index contributed by atoms with van der Waals surface area (Å²) in [6, 6.07) is 2.19. The van der Waals surface area contributed by atoms with Gasteiger partial charge in [-0.15, -0.1) is 0 Å². The van der Waals surface area contributed by atoms with E-state index in [-0.39, 0.29) is 16.8 Å². The number of benzene rings is 1. The standard InChI is InChI=1S/C10H9BrF2O/c1-6(2-3-14)7-4-8(11)10(13)5-9(7)12/h3-6H,2H2,1H3/t6-/m0/s1. The number of aldehydes is 1. The summed E-state index contributed by atoms with van der Waals surface area (Å²) in [7, 11) is 0. The van der Waals surface area contributed by atoms with E-state index in [1.807, 2.05) is 0 Å². The Kier molecular flexibility index (Phi) is 3.75. The van der Waals surface area contributed by atoms with Gasteiger partial charge in [0, 0.05) is 12.5 Å². The zero-order valence-electron chi connectivity index (χ0n) is 7.56. The first kappa shape index (κ1) is 11.3. The SMILES string of the molecule is C[C@@H](CC=O)c1cc(Br)c(F)cc1F. The molecule has 0 saturated carbocycles. The zero-order chi connectivity index (χ0) is 10.7. The first-order chi connectivity index (χ1) is 6.56. The van der Waals surface area contributed by atoms with E-state index >= 15 is 0 Å². The third kappa shape index (κ3) is 2.38. The number of rotatable bonds is 3. The molecule has 1 aromatic carbocycles. The molecule has 0 fully saturated rings. The van der Waals surface area contributed by atoms with Crippen molar-refractivity contribution in [3.63, 3.8) is 0 Å². The minimum absolute atomic E-state index is 0.214. The van der Waals surface area contributed by atoms with E-state index in [0.717, 1.165) is 12.4 Å². The molecule has 0 aliphatic rings. The number of hydrogen-bond donors (Lipinski definition) is 0. The third-order valence-corrected chi connectivity index (χ3v) is 2.63. The molecule has 0 spiro atoms. The van der Waals surface area contributed by atoms with Gasteiger partial charge in [-0.1, -0.05) is 6.92 Å². The molecule has 1 aromatic rings. The van der Waals surface area contributed by atoms with E-state index in [2.05, 4.69) is 15.9 Å². The summed E-state index contributed by atoms with van der Waals surface area (Å²) in [6.07, 6.45) is 0.955. The van der Waals surface area contributed by atoms with Gasteiger partial charge in [0.25, 0.3) is 0 Å². The normalized spacial score (nSPS) is 12.6. The number of halogens is 3. The van der Waals surface area contributed by atoms with Crippen molar-refractivity contribution in [3.05, 3.63) is 33.8 Å². The van der Waals surface area contributed by atoms with Crippen LogP contribution in [0.3, 0.4) is 0 Å². The van der Waals surface area contributed by atoms with E-state index in [9.17, 15) is 13.6 Å². The Morgan fingerprint density at radius 2 is 2.07 bits per heavy atom. The van der Waals surface area contributed by atoms with Gasteiger partial charge in [-0.25, -0.2) is 8.78 Å². The minimum Gasteiger partial charge on any atom is -0.303 e. The Morgan fingerprint density at radius 3 is 2.64 bits per heavy atom. The highest BCUT2D eigenvalue weighted by molar-refractivity contribution is 9.10. The van der Waals surface area contributed by atoms with Crippen LogP contribution >= 0.6 is 15.9 Å². The third-order valence-electron chi connectivity index (χ3n) is 2.02.